The van der Waals surface area contributed by atoms with Crippen LogP contribution in [-0.2, 0) is 24.8 Å². The van der Waals surface area contributed by atoms with E-state index in [1.165, 1.54) is 0 Å². The number of carbonyl (C=O) groups excluding carboxylic acids is 1. The molecule has 0 aliphatic carbocycles. The van der Waals surface area contributed by atoms with Gasteiger partial charge in [0, 0.05) is 31.9 Å². The van der Waals surface area contributed by atoms with E-state index in [1.807, 2.05) is 13.2 Å². The molecule has 0 saturated carbocycles. The highest BCUT2D eigenvalue weighted by Crippen LogP contribution is 2.24. The zero-order valence-electron chi connectivity index (χ0n) is 13.4. The van der Waals surface area contributed by atoms with Gasteiger partial charge in [-0.05, 0) is 18.3 Å². The first kappa shape index (κ1) is 16.7. The van der Waals surface area contributed by atoms with Crippen LogP contribution in [0.25, 0.3) is 0 Å². The third-order valence-corrected chi connectivity index (χ3v) is 3.29. The smallest absolute Gasteiger partial charge is 0.224 e. The van der Waals surface area contributed by atoms with Gasteiger partial charge >= 0.3 is 0 Å². The van der Waals surface area contributed by atoms with E-state index in [0.29, 0.717) is 13.1 Å². The summed E-state index contributed by atoms with van der Waals surface area (Å²) in [6.45, 7) is 9.35. The normalized spacial score (nSPS) is 13.3. The largest absolute Gasteiger partial charge is 0.352 e. The van der Waals surface area contributed by atoms with E-state index < -0.39 is 0 Å². The lowest BCUT2D eigenvalue weighted by molar-refractivity contribution is -0.125. The van der Waals surface area contributed by atoms with Gasteiger partial charge < -0.3 is 11.1 Å². The molecule has 0 aliphatic rings. The van der Waals surface area contributed by atoms with E-state index in [1.54, 1.807) is 4.68 Å². The van der Waals surface area contributed by atoms with E-state index in [2.05, 4.69) is 38.1 Å². The van der Waals surface area contributed by atoms with Gasteiger partial charge in [-0.2, -0.15) is 5.10 Å². The lowest BCUT2D eigenvalue weighted by atomic mass is 9.84. The number of hydrogen-bond acceptors (Lipinski definition) is 3. The van der Waals surface area contributed by atoms with Crippen LogP contribution >= 0.6 is 0 Å². The fraction of sp³-hybridized carbons (Fsp3) is 0.733. The number of carbonyl (C=O) groups is 1. The monoisotopic (exact) mass is 280 g/mol. The van der Waals surface area contributed by atoms with Crippen molar-refractivity contribution in [2.75, 3.05) is 6.54 Å². The Morgan fingerprint density at radius 1 is 1.50 bits per heavy atom. The zero-order valence-corrected chi connectivity index (χ0v) is 13.4. The summed E-state index contributed by atoms with van der Waals surface area (Å²) in [6, 6.07) is 0. The van der Waals surface area contributed by atoms with Gasteiger partial charge in [0.25, 0.3) is 0 Å². The summed E-state index contributed by atoms with van der Waals surface area (Å²) in [5.74, 6) is -0.0925. The lowest BCUT2D eigenvalue weighted by Gasteiger charge is -2.24. The molecule has 1 unspecified atom stereocenters. The molecule has 1 aromatic rings. The lowest BCUT2D eigenvalue weighted by Crippen LogP contribution is -2.36. The summed E-state index contributed by atoms with van der Waals surface area (Å²) in [7, 11) is 1.90. The van der Waals surface area contributed by atoms with Crippen molar-refractivity contribution in [2.24, 2.45) is 24.1 Å². The molecule has 5 heteroatoms. The summed E-state index contributed by atoms with van der Waals surface area (Å²) < 4.78 is 1.79. The Morgan fingerprint density at radius 3 is 2.65 bits per heavy atom. The third-order valence-electron chi connectivity index (χ3n) is 3.29. The van der Waals surface area contributed by atoms with E-state index >= 15 is 0 Å². The molecule has 0 aromatic carbocycles. The van der Waals surface area contributed by atoms with Gasteiger partial charge in [-0.3, -0.25) is 9.48 Å². The number of nitrogens with two attached hydrogens (primary N) is 1. The highest BCUT2D eigenvalue weighted by Gasteiger charge is 2.23. The molecule has 0 fully saturated rings. The van der Waals surface area contributed by atoms with Gasteiger partial charge in [-0.15, -0.1) is 0 Å². The van der Waals surface area contributed by atoms with Crippen molar-refractivity contribution in [3.63, 3.8) is 0 Å². The van der Waals surface area contributed by atoms with Crippen LogP contribution in [0.1, 0.15) is 45.4 Å². The molecule has 5 nitrogen and oxygen atoms in total. The van der Waals surface area contributed by atoms with Crippen molar-refractivity contribution >= 4 is 5.91 Å². The molecule has 1 heterocycles. The van der Waals surface area contributed by atoms with Crippen molar-refractivity contribution in [1.29, 1.82) is 0 Å². The molecule has 0 bridgehead atoms. The number of hydrogen-bond donors (Lipinski definition) is 2. The molecule has 1 atom stereocenters. The predicted octanol–water partition coefficient (Wildman–Crippen LogP) is 1.61. The van der Waals surface area contributed by atoms with Crippen molar-refractivity contribution in [2.45, 2.75) is 47.1 Å². The fourth-order valence-corrected chi connectivity index (χ4v) is 2.38. The number of aromatic nitrogens is 2. The standard InChI is InChI=1S/C15H28N4O/c1-6-13-12(10-19(5)18-13)9-17-14(20)11(8-16)7-15(2,3)4/h10-11H,6-9,16H2,1-5H3,(H,17,20). The van der Waals surface area contributed by atoms with Crippen LogP contribution in [0.4, 0.5) is 0 Å². The van der Waals surface area contributed by atoms with Gasteiger partial charge in [0.05, 0.1) is 11.6 Å². The molecule has 0 saturated heterocycles. The Hall–Kier alpha value is -1.36. The van der Waals surface area contributed by atoms with Crippen LogP contribution in [0.2, 0.25) is 0 Å². The van der Waals surface area contributed by atoms with Crippen LogP contribution < -0.4 is 11.1 Å². The second-order valence-electron chi connectivity index (χ2n) is 6.54. The maximum atomic E-state index is 12.2. The first-order chi connectivity index (χ1) is 9.26. The number of aryl methyl sites for hydroxylation is 2. The predicted molar refractivity (Wildman–Crippen MR) is 81.0 cm³/mol. The average Bonchev–Trinajstić information content (AvgIpc) is 2.72. The van der Waals surface area contributed by atoms with Crippen molar-refractivity contribution in [3.05, 3.63) is 17.5 Å². The molecule has 1 aromatic heterocycles. The Morgan fingerprint density at radius 2 is 2.15 bits per heavy atom. The molecule has 1 rings (SSSR count). The molecular weight excluding hydrogens is 252 g/mol. The molecule has 3 N–H and O–H groups in total. The van der Waals surface area contributed by atoms with E-state index in [4.69, 9.17) is 5.73 Å². The molecular formula is C15H28N4O. The number of nitrogens with zero attached hydrogens (tertiary/aromatic N) is 2. The Labute approximate surface area is 121 Å². The Bertz CT molecular complexity index is 445. The van der Waals surface area contributed by atoms with Crippen molar-refractivity contribution in [3.8, 4) is 0 Å². The highest BCUT2D eigenvalue weighted by molar-refractivity contribution is 5.78. The van der Waals surface area contributed by atoms with Crippen LogP contribution in [0.3, 0.4) is 0 Å². The summed E-state index contributed by atoms with van der Waals surface area (Å²) in [5.41, 5.74) is 7.95. The summed E-state index contributed by atoms with van der Waals surface area (Å²) >= 11 is 0. The minimum absolute atomic E-state index is 0.0355. The van der Waals surface area contributed by atoms with E-state index in [-0.39, 0.29) is 17.2 Å². The van der Waals surface area contributed by atoms with Crippen LogP contribution in [0.5, 0.6) is 0 Å². The molecule has 0 radical (unpaired) electrons. The van der Waals surface area contributed by atoms with Gasteiger partial charge in [-0.25, -0.2) is 0 Å². The summed E-state index contributed by atoms with van der Waals surface area (Å²) in [6.07, 6.45) is 3.62. The maximum absolute atomic E-state index is 12.2. The van der Waals surface area contributed by atoms with Crippen LogP contribution in [0, 0.1) is 11.3 Å². The van der Waals surface area contributed by atoms with Gasteiger partial charge in [0.15, 0.2) is 0 Å². The molecule has 1 amide bonds. The Kier molecular flexibility index (Phi) is 5.74. The average molecular weight is 280 g/mol. The van der Waals surface area contributed by atoms with Crippen molar-refractivity contribution < 1.29 is 4.79 Å². The molecule has 20 heavy (non-hydrogen) atoms. The molecule has 114 valence electrons. The second kappa shape index (κ2) is 6.88. The van der Waals surface area contributed by atoms with E-state index in [9.17, 15) is 4.79 Å². The van der Waals surface area contributed by atoms with Gasteiger partial charge in [-0.1, -0.05) is 27.7 Å². The zero-order chi connectivity index (χ0) is 15.3. The minimum Gasteiger partial charge on any atom is -0.352 e. The highest BCUT2D eigenvalue weighted by atomic mass is 16.1. The quantitative estimate of drug-likeness (QED) is 0.831. The first-order valence-electron chi connectivity index (χ1n) is 7.26. The first-order valence-corrected chi connectivity index (χ1v) is 7.26. The Balaban J connectivity index is 2.61. The SMILES string of the molecule is CCc1nn(C)cc1CNC(=O)C(CN)CC(C)(C)C. The molecule has 0 aliphatic heterocycles. The van der Waals surface area contributed by atoms with Crippen LogP contribution in [-0.4, -0.2) is 22.2 Å². The van der Waals surface area contributed by atoms with Crippen LogP contribution in [0.15, 0.2) is 6.20 Å². The number of rotatable bonds is 6. The minimum atomic E-state index is -0.128. The van der Waals surface area contributed by atoms with Gasteiger partial charge in [0.1, 0.15) is 0 Å². The topological polar surface area (TPSA) is 72.9 Å². The maximum Gasteiger partial charge on any atom is 0.224 e. The third kappa shape index (κ3) is 4.96. The fourth-order valence-electron chi connectivity index (χ4n) is 2.38. The summed E-state index contributed by atoms with van der Waals surface area (Å²) in [4.78, 5) is 12.2. The number of nitrogens with one attached hydrogen (secondary N) is 1. The van der Waals surface area contributed by atoms with Crippen molar-refractivity contribution in [1.82, 2.24) is 15.1 Å². The van der Waals surface area contributed by atoms with Gasteiger partial charge in [0.2, 0.25) is 5.91 Å². The molecule has 0 spiro atoms. The second-order valence-corrected chi connectivity index (χ2v) is 6.54. The summed E-state index contributed by atoms with van der Waals surface area (Å²) in [5, 5.41) is 7.36. The number of amides is 1. The van der Waals surface area contributed by atoms with E-state index in [0.717, 1.165) is 24.1 Å².